The van der Waals surface area contributed by atoms with Crippen LogP contribution in [0.15, 0.2) is 35.6 Å². The zero-order valence-electron chi connectivity index (χ0n) is 16.6. The van der Waals surface area contributed by atoms with Crippen LogP contribution in [0.25, 0.3) is 10.9 Å². The van der Waals surface area contributed by atoms with E-state index in [1.807, 2.05) is 4.90 Å². The molecule has 2 aliphatic heterocycles. The SMILES string of the molecule is CN1COc2c(N3CC[C@@H](Nc4cnccn4)C3)c(F)cc3c(=O)c(C(=O)O)cn1c23. The van der Waals surface area contributed by atoms with Gasteiger partial charge in [0.2, 0.25) is 5.43 Å². The number of hydrogen-bond acceptors (Lipinski definition) is 8. The second-order valence-corrected chi connectivity index (χ2v) is 7.55. The summed E-state index contributed by atoms with van der Waals surface area (Å²) in [4.78, 5) is 34.3. The number of aromatic carboxylic acids is 1. The summed E-state index contributed by atoms with van der Waals surface area (Å²) in [7, 11) is 1.69. The number of benzene rings is 1. The lowest BCUT2D eigenvalue weighted by Crippen LogP contribution is -2.40. The van der Waals surface area contributed by atoms with Gasteiger partial charge in [0.1, 0.15) is 22.6 Å². The van der Waals surface area contributed by atoms with Gasteiger partial charge in [0.25, 0.3) is 0 Å². The quantitative estimate of drug-likeness (QED) is 0.636. The van der Waals surface area contributed by atoms with Crippen molar-refractivity contribution in [2.24, 2.45) is 0 Å². The molecule has 5 rings (SSSR count). The lowest BCUT2D eigenvalue weighted by molar-refractivity contribution is 0.0694. The average molecular weight is 426 g/mol. The lowest BCUT2D eigenvalue weighted by atomic mass is 10.1. The Labute approximate surface area is 175 Å². The molecular formula is C20H19FN6O4. The van der Waals surface area contributed by atoms with E-state index in [0.29, 0.717) is 24.4 Å². The Hall–Kier alpha value is -3.89. The van der Waals surface area contributed by atoms with Crippen LogP contribution >= 0.6 is 0 Å². The highest BCUT2D eigenvalue weighted by atomic mass is 19.1. The fraction of sp³-hybridized carbons (Fsp3) is 0.300. The Bertz CT molecular complexity index is 1250. The molecule has 1 aromatic carbocycles. The summed E-state index contributed by atoms with van der Waals surface area (Å²) in [6.07, 6.45) is 6.81. The number of aromatic nitrogens is 3. The van der Waals surface area contributed by atoms with E-state index in [1.165, 1.54) is 10.9 Å². The third-order valence-electron chi connectivity index (χ3n) is 5.57. The van der Waals surface area contributed by atoms with E-state index in [2.05, 4.69) is 15.3 Å². The molecule has 0 unspecified atom stereocenters. The number of hydrogen-bond donors (Lipinski definition) is 2. The van der Waals surface area contributed by atoms with Crippen LogP contribution in [0.4, 0.5) is 15.9 Å². The van der Waals surface area contributed by atoms with Gasteiger partial charge in [0.05, 0.1) is 11.6 Å². The van der Waals surface area contributed by atoms with Crippen molar-refractivity contribution in [1.29, 1.82) is 0 Å². The summed E-state index contributed by atoms with van der Waals surface area (Å²) < 4.78 is 22.6. The molecule has 2 aliphatic rings. The van der Waals surface area contributed by atoms with E-state index in [-0.39, 0.29) is 29.6 Å². The minimum atomic E-state index is -1.36. The maximum atomic E-state index is 15.3. The van der Waals surface area contributed by atoms with Crippen molar-refractivity contribution in [2.45, 2.75) is 12.5 Å². The van der Waals surface area contributed by atoms with Crippen molar-refractivity contribution < 1.29 is 19.0 Å². The highest BCUT2D eigenvalue weighted by molar-refractivity contribution is 5.97. The molecule has 1 fully saturated rings. The van der Waals surface area contributed by atoms with E-state index in [1.54, 1.807) is 30.6 Å². The highest BCUT2D eigenvalue weighted by Crippen LogP contribution is 2.41. The Morgan fingerprint density at radius 1 is 1.39 bits per heavy atom. The number of carboxylic acids is 1. The minimum absolute atomic E-state index is 0.0295. The molecule has 1 atom stereocenters. The standard InChI is InChI=1S/C20H19FN6O4/c1-25-10-31-19-16-12(18(28)13(20(29)30)9-27(16)25)6-14(21)17(19)26-5-2-11(8-26)24-15-7-22-3-4-23-15/h3-4,6-7,9,11H,2,5,8,10H2,1H3,(H,23,24)(H,29,30)/t11-/m1/s1. The number of anilines is 2. The third kappa shape index (κ3) is 3.09. The van der Waals surface area contributed by atoms with Gasteiger partial charge in [-0.15, -0.1) is 0 Å². The average Bonchev–Trinajstić information content (AvgIpc) is 3.20. The Balaban J connectivity index is 1.58. The van der Waals surface area contributed by atoms with Crippen molar-refractivity contribution in [3.63, 3.8) is 0 Å². The van der Waals surface area contributed by atoms with Crippen LogP contribution in [0, 0.1) is 5.82 Å². The number of carboxylic acid groups (broad SMARTS) is 1. The summed E-state index contributed by atoms with van der Waals surface area (Å²) in [6.45, 7) is 1.16. The van der Waals surface area contributed by atoms with Crippen LogP contribution in [0.2, 0.25) is 0 Å². The summed E-state index contributed by atoms with van der Waals surface area (Å²) >= 11 is 0. The van der Waals surface area contributed by atoms with Crippen LogP contribution in [-0.2, 0) is 0 Å². The number of ether oxygens (including phenoxy) is 1. The van der Waals surface area contributed by atoms with Crippen LogP contribution in [0.1, 0.15) is 16.8 Å². The van der Waals surface area contributed by atoms with Crippen molar-refractivity contribution in [1.82, 2.24) is 14.6 Å². The number of halogens is 1. The van der Waals surface area contributed by atoms with Gasteiger partial charge in [-0.2, -0.15) is 0 Å². The highest BCUT2D eigenvalue weighted by Gasteiger charge is 2.32. The molecule has 1 saturated heterocycles. The van der Waals surface area contributed by atoms with E-state index >= 15 is 4.39 Å². The molecule has 31 heavy (non-hydrogen) atoms. The molecule has 3 aromatic rings. The second-order valence-electron chi connectivity index (χ2n) is 7.55. The Kier molecular flexibility index (Phi) is 4.38. The second kappa shape index (κ2) is 7.11. The molecule has 0 radical (unpaired) electrons. The lowest BCUT2D eigenvalue weighted by Gasteiger charge is -2.33. The maximum Gasteiger partial charge on any atom is 0.341 e. The Morgan fingerprint density at radius 3 is 2.97 bits per heavy atom. The smallest absolute Gasteiger partial charge is 0.341 e. The zero-order chi connectivity index (χ0) is 21.7. The number of pyridine rings is 1. The van der Waals surface area contributed by atoms with Gasteiger partial charge in [-0.25, -0.2) is 14.2 Å². The minimum Gasteiger partial charge on any atom is -0.477 e. The first-order valence-electron chi connectivity index (χ1n) is 9.71. The molecule has 160 valence electrons. The Morgan fingerprint density at radius 2 is 2.23 bits per heavy atom. The molecule has 0 saturated carbocycles. The summed E-state index contributed by atoms with van der Waals surface area (Å²) in [6, 6.07) is 1.13. The molecule has 0 spiro atoms. The fourth-order valence-electron chi connectivity index (χ4n) is 4.13. The van der Waals surface area contributed by atoms with Crippen molar-refractivity contribution >= 4 is 28.4 Å². The molecular weight excluding hydrogens is 407 g/mol. The monoisotopic (exact) mass is 426 g/mol. The van der Waals surface area contributed by atoms with Gasteiger partial charge < -0.3 is 20.1 Å². The first-order chi connectivity index (χ1) is 14.9. The topological polar surface area (TPSA) is 113 Å². The van der Waals surface area contributed by atoms with Crippen LogP contribution in [-0.4, -0.2) is 58.6 Å². The van der Waals surface area contributed by atoms with Gasteiger partial charge in [-0.1, -0.05) is 0 Å². The van der Waals surface area contributed by atoms with Crippen molar-refractivity contribution in [2.75, 3.05) is 42.1 Å². The van der Waals surface area contributed by atoms with Crippen LogP contribution in [0.5, 0.6) is 5.75 Å². The molecule has 10 nitrogen and oxygen atoms in total. The van der Waals surface area contributed by atoms with Crippen molar-refractivity contribution in [3.05, 3.63) is 52.5 Å². The fourth-order valence-corrected chi connectivity index (χ4v) is 4.13. The summed E-state index contributed by atoms with van der Waals surface area (Å²) in [5, 5.41) is 14.3. The molecule has 2 aromatic heterocycles. The molecule has 0 bridgehead atoms. The first kappa shape index (κ1) is 19.1. The molecule has 2 N–H and O–H groups in total. The van der Waals surface area contributed by atoms with Crippen molar-refractivity contribution in [3.8, 4) is 5.75 Å². The predicted molar refractivity (Wildman–Crippen MR) is 111 cm³/mol. The van der Waals surface area contributed by atoms with Gasteiger partial charge >= 0.3 is 5.97 Å². The summed E-state index contributed by atoms with van der Waals surface area (Å²) in [5.74, 6) is -1.11. The molecule has 0 amide bonds. The van der Waals surface area contributed by atoms with E-state index in [4.69, 9.17) is 4.74 Å². The van der Waals surface area contributed by atoms with E-state index in [0.717, 1.165) is 12.5 Å². The first-order valence-corrected chi connectivity index (χ1v) is 9.71. The van der Waals surface area contributed by atoms with Gasteiger partial charge in [0.15, 0.2) is 18.3 Å². The van der Waals surface area contributed by atoms with Gasteiger partial charge in [-0.3, -0.25) is 19.5 Å². The summed E-state index contributed by atoms with van der Waals surface area (Å²) in [5.41, 5.74) is -0.549. The number of nitrogens with one attached hydrogen (secondary N) is 1. The third-order valence-corrected chi connectivity index (χ3v) is 5.57. The maximum absolute atomic E-state index is 15.3. The normalized spacial score (nSPS) is 17.7. The molecule has 4 heterocycles. The van der Waals surface area contributed by atoms with Gasteiger partial charge in [0, 0.05) is 44.8 Å². The predicted octanol–water partition coefficient (Wildman–Crippen LogP) is 1.24. The van der Waals surface area contributed by atoms with E-state index in [9.17, 15) is 14.7 Å². The largest absolute Gasteiger partial charge is 0.477 e. The zero-order valence-corrected chi connectivity index (χ0v) is 16.6. The van der Waals surface area contributed by atoms with Crippen LogP contribution < -0.4 is 25.4 Å². The molecule has 0 aliphatic carbocycles. The number of carbonyl (C=O) groups is 1. The van der Waals surface area contributed by atoms with Crippen LogP contribution in [0.3, 0.4) is 0 Å². The number of rotatable bonds is 4. The van der Waals surface area contributed by atoms with E-state index < -0.39 is 22.8 Å². The van der Waals surface area contributed by atoms with Gasteiger partial charge in [-0.05, 0) is 12.5 Å². The number of nitrogens with zero attached hydrogens (tertiary/aromatic N) is 5. The molecule has 11 heteroatoms.